The predicted octanol–water partition coefficient (Wildman–Crippen LogP) is 2.55. The number of nitrogens with two attached hydrogens (primary N) is 1. The molecule has 1 heteroatoms. The van der Waals surface area contributed by atoms with Gasteiger partial charge in [-0.2, -0.15) is 0 Å². The first-order valence-corrected chi connectivity index (χ1v) is 5.03. The van der Waals surface area contributed by atoms with Crippen molar-refractivity contribution in [2.24, 2.45) is 17.6 Å². The third-order valence-corrected chi connectivity index (χ3v) is 2.88. The summed E-state index contributed by atoms with van der Waals surface area (Å²) in [4.78, 5) is 0. The summed E-state index contributed by atoms with van der Waals surface area (Å²) in [5, 5.41) is 0. The Balaban J connectivity index is 2.29. The SMILES string of the molecule is CC1CCCCCC(CN)C1. The Kier molecular flexibility index (Phi) is 3.92. The molecule has 1 nitrogen and oxygen atoms in total. The summed E-state index contributed by atoms with van der Waals surface area (Å²) in [6, 6.07) is 0. The molecular weight excluding hydrogens is 134 g/mol. The summed E-state index contributed by atoms with van der Waals surface area (Å²) in [5.41, 5.74) is 5.69. The average Bonchev–Trinajstić information content (AvgIpc) is 1.96. The second kappa shape index (κ2) is 4.76. The molecule has 1 aliphatic rings. The van der Waals surface area contributed by atoms with Gasteiger partial charge < -0.3 is 5.73 Å². The first-order chi connectivity index (χ1) is 5.33. The zero-order chi connectivity index (χ0) is 8.10. The molecule has 0 saturated heterocycles. The minimum atomic E-state index is 0.824. The Morgan fingerprint density at radius 2 is 1.91 bits per heavy atom. The average molecular weight is 155 g/mol. The van der Waals surface area contributed by atoms with Gasteiger partial charge in [0.25, 0.3) is 0 Å². The topological polar surface area (TPSA) is 26.0 Å². The Bertz CT molecular complexity index is 101. The van der Waals surface area contributed by atoms with E-state index in [-0.39, 0.29) is 0 Å². The van der Waals surface area contributed by atoms with Crippen LogP contribution in [0.2, 0.25) is 0 Å². The van der Waals surface area contributed by atoms with Crippen LogP contribution in [-0.2, 0) is 0 Å². The van der Waals surface area contributed by atoms with Gasteiger partial charge in [-0.3, -0.25) is 0 Å². The smallest absolute Gasteiger partial charge is 0.00488 e. The summed E-state index contributed by atoms with van der Waals surface area (Å²) >= 11 is 0. The number of hydrogen-bond donors (Lipinski definition) is 1. The fourth-order valence-electron chi connectivity index (χ4n) is 2.12. The van der Waals surface area contributed by atoms with Crippen molar-refractivity contribution in [1.29, 1.82) is 0 Å². The maximum Gasteiger partial charge on any atom is -0.00488 e. The Hall–Kier alpha value is -0.0400. The standard InChI is InChI=1S/C10H21N/c1-9-5-3-2-4-6-10(7-9)8-11/h9-10H,2-8,11H2,1H3. The van der Waals surface area contributed by atoms with Crippen molar-refractivity contribution in [3.8, 4) is 0 Å². The van der Waals surface area contributed by atoms with E-state index in [0.717, 1.165) is 18.4 Å². The van der Waals surface area contributed by atoms with Crippen LogP contribution in [0.15, 0.2) is 0 Å². The fraction of sp³-hybridized carbons (Fsp3) is 1.00. The highest BCUT2D eigenvalue weighted by molar-refractivity contribution is 4.67. The molecule has 0 aromatic carbocycles. The molecule has 0 aromatic rings. The monoisotopic (exact) mass is 155 g/mol. The van der Waals surface area contributed by atoms with E-state index in [0.29, 0.717) is 0 Å². The molecule has 0 aromatic heterocycles. The zero-order valence-corrected chi connectivity index (χ0v) is 7.68. The minimum Gasteiger partial charge on any atom is -0.330 e. The van der Waals surface area contributed by atoms with Crippen LogP contribution in [0.25, 0.3) is 0 Å². The van der Waals surface area contributed by atoms with E-state index in [2.05, 4.69) is 6.92 Å². The molecule has 0 heterocycles. The molecule has 2 N–H and O–H groups in total. The van der Waals surface area contributed by atoms with Crippen molar-refractivity contribution >= 4 is 0 Å². The summed E-state index contributed by atoms with van der Waals surface area (Å²) < 4.78 is 0. The van der Waals surface area contributed by atoms with E-state index >= 15 is 0 Å². The fourth-order valence-corrected chi connectivity index (χ4v) is 2.12. The highest BCUT2D eigenvalue weighted by atomic mass is 14.5. The van der Waals surface area contributed by atoms with Crippen LogP contribution in [0, 0.1) is 11.8 Å². The van der Waals surface area contributed by atoms with Crippen molar-refractivity contribution in [3.05, 3.63) is 0 Å². The van der Waals surface area contributed by atoms with E-state index in [4.69, 9.17) is 5.73 Å². The highest BCUT2D eigenvalue weighted by Gasteiger charge is 2.13. The molecular formula is C10H21N. The van der Waals surface area contributed by atoms with E-state index < -0.39 is 0 Å². The van der Waals surface area contributed by atoms with Crippen LogP contribution in [-0.4, -0.2) is 6.54 Å². The van der Waals surface area contributed by atoms with E-state index in [1.54, 1.807) is 0 Å². The third kappa shape index (κ3) is 3.24. The largest absolute Gasteiger partial charge is 0.330 e. The van der Waals surface area contributed by atoms with Gasteiger partial charge in [0.15, 0.2) is 0 Å². The number of rotatable bonds is 1. The molecule has 2 unspecified atom stereocenters. The summed E-state index contributed by atoms with van der Waals surface area (Å²) in [5.74, 6) is 1.74. The van der Waals surface area contributed by atoms with Gasteiger partial charge in [0.1, 0.15) is 0 Å². The van der Waals surface area contributed by atoms with Crippen LogP contribution >= 0.6 is 0 Å². The van der Waals surface area contributed by atoms with Crippen LogP contribution in [0.1, 0.15) is 45.4 Å². The molecule has 0 amide bonds. The van der Waals surface area contributed by atoms with Gasteiger partial charge in [-0.1, -0.05) is 32.6 Å². The summed E-state index contributed by atoms with van der Waals surface area (Å²) in [7, 11) is 0. The highest BCUT2D eigenvalue weighted by Crippen LogP contribution is 2.25. The molecule has 66 valence electrons. The van der Waals surface area contributed by atoms with E-state index in [9.17, 15) is 0 Å². The molecule has 0 radical (unpaired) electrons. The normalized spacial score (nSPS) is 34.4. The lowest BCUT2D eigenvalue weighted by Crippen LogP contribution is -2.18. The molecule has 11 heavy (non-hydrogen) atoms. The van der Waals surface area contributed by atoms with Crippen LogP contribution in [0.3, 0.4) is 0 Å². The number of hydrogen-bond acceptors (Lipinski definition) is 1. The van der Waals surface area contributed by atoms with Crippen LogP contribution in [0.5, 0.6) is 0 Å². The first-order valence-electron chi connectivity index (χ1n) is 5.03. The molecule has 0 spiro atoms. The summed E-state index contributed by atoms with van der Waals surface area (Å²) in [6.45, 7) is 3.28. The quantitative estimate of drug-likeness (QED) is 0.618. The van der Waals surface area contributed by atoms with Crippen molar-refractivity contribution in [1.82, 2.24) is 0 Å². The minimum absolute atomic E-state index is 0.824. The van der Waals surface area contributed by atoms with Gasteiger partial charge >= 0.3 is 0 Å². The maximum atomic E-state index is 5.69. The Labute approximate surface area is 70.4 Å². The van der Waals surface area contributed by atoms with E-state index in [1.165, 1.54) is 38.5 Å². The second-order valence-corrected chi connectivity index (χ2v) is 4.08. The molecule has 1 aliphatic carbocycles. The molecule has 0 bridgehead atoms. The van der Waals surface area contributed by atoms with Gasteiger partial charge in [0, 0.05) is 0 Å². The van der Waals surface area contributed by atoms with Gasteiger partial charge in [-0.05, 0) is 31.2 Å². The third-order valence-electron chi connectivity index (χ3n) is 2.88. The molecule has 1 rings (SSSR count). The molecule has 1 saturated carbocycles. The van der Waals surface area contributed by atoms with Crippen molar-refractivity contribution in [2.45, 2.75) is 45.4 Å². The van der Waals surface area contributed by atoms with Crippen molar-refractivity contribution < 1.29 is 0 Å². The lowest BCUT2D eigenvalue weighted by Gasteiger charge is -2.22. The Morgan fingerprint density at radius 3 is 2.64 bits per heavy atom. The van der Waals surface area contributed by atoms with Gasteiger partial charge in [0.2, 0.25) is 0 Å². The van der Waals surface area contributed by atoms with Crippen LogP contribution < -0.4 is 5.73 Å². The molecule has 2 atom stereocenters. The van der Waals surface area contributed by atoms with Gasteiger partial charge in [-0.25, -0.2) is 0 Å². The Morgan fingerprint density at radius 1 is 1.18 bits per heavy atom. The van der Waals surface area contributed by atoms with Gasteiger partial charge in [-0.15, -0.1) is 0 Å². The molecule has 0 aliphatic heterocycles. The van der Waals surface area contributed by atoms with Crippen molar-refractivity contribution in [3.63, 3.8) is 0 Å². The lowest BCUT2D eigenvalue weighted by molar-refractivity contribution is 0.317. The first kappa shape index (κ1) is 9.05. The van der Waals surface area contributed by atoms with Crippen molar-refractivity contribution in [2.75, 3.05) is 6.54 Å². The van der Waals surface area contributed by atoms with Gasteiger partial charge in [0.05, 0.1) is 0 Å². The van der Waals surface area contributed by atoms with E-state index in [1.807, 2.05) is 0 Å². The van der Waals surface area contributed by atoms with Crippen LogP contribution in [0.4, 0.5) is 0 Å². The zero-order valence-electron chi connectivity index (χ0n) is 7.68. The maximum absolute atomic E-state index is 5.69. The second-order valence-electron chi connectivity index (χ2n) is 4.08. The summed E-state index contributed by atoms with van der Waals surface area (Å²) in [6.07, 6.45) is 8.46. The lowest BCUT2D eigenvalue weighted by atomic mass is 9.85. The predicted molar refractivity (Wildman–Crippen MR) is 49.4 cm³/mol. The molecule has 1 fully saturated rings.